The summed E-state index contributed by atoms with van der Waals surface area (Å²) in [5, 5.41) is 3.37. The number of hydrogen-bond acceptors (Lipinski definition) is 2. The molecule has 1 heterocycles. The molecule has 2 rings (SSSR count). The number of halogens is 2. The third kappa shape index (κ3) is 3.77. The summed E-state index contributed by atoms with van der Waals surface area (Å²) in [5.74, 6) is 0.349. The second-order valence-electron chi connectivity index (χ2n) is 5.95. The zero-order chi connectivity index (χ0) is 14.0. The van der Waals surface area contributed by atoms with Crippen molar-refractivity contribution in [2.75, 3.05) is 13.1 Å². The minimum Gasteiger partial charge on any atom is -0.365 e. The van der Waals surface area contributed by atoms with Crippen LogP contribution in [0.5, 0.6) is 0 Å². The fraction of sp³-hybridized carbons (Fsp3) is 0.600. The molecule has 2 atom stereocenters. The quantitative estimate of drug-likeness (QED) is 0.903. The smallest absolute Gasteiger partial charge is 0.129 e. The predicted octanol–water partition coefficient (Wildman–Crippen LogP) is 4.05. The summed E-state index contributed by atoms with van der Waals surface area (Å²) in [6.07, 6.45) is 0.738. The van der Waals surface area contributed by atoms with E-state index < -0.39 is 0 Å². The van der Waals surface area contributed by atoms with Crippen molar-refractivity contribution in [1.29, 1.82) is 0 Å². The third-order valence-electron chi connectivity index (χ3n) is 3.40. The van der Waals surface area contributed by atoms with E-state index >= 15 is 0 Å². The molecule has 2 nitrogen and oxygen atoms in total. The molecule has 0 spiro atoms. The van der Waals surface area contributed by atoms with Crippen molar-refractivity contribution >= 4 is 15.9 Å². The molecule has 19 heavy (non-hydrogen) atoms. The van der Waals surface area contributed by atoms with E-state index in [1.165, 1.54) is 6.07 Å². The van der Waals surface area contributed by atoms with Crippen molar-refractivity contribution in [2.24, 2.45) is 5.92 Å². The predicted molar refractivity (Wildman–Crippen MR) is 78.7 cm³/mol. The molecule has 1 N–H and O–H groups in total. The van der Waals surface area contributed by atoms with Crippen molar-refractivity contribution in [2.45, 2.75) is 38.9 Å². The molecule has 1 aromatic carbocycles. The van der Waals surface area contributed by atoms with Crippen LogP contribution in [0.25, 0.3) is 0 Å². The van der Waals surface area contributed by atoms with Crippen molar-refractivity contribution in [3.05, 3.63) is 34.1 Å². The van der Waals surface area contributed by atoms with Crippen LogP contribution in [0.4, 0.5) is 4.39 Å². The molecule has 0 aliphatic carbocycles. The molecule has 2 unspecified atom stereocenters. The first-order valence-corrected chi connectivity index (χ1v) is 7.52. The van der Waals surface area contributed by atoms with Gasteiger partial charge in [0.1, 0.15) is 5.82 Å². The van der Waals surface area contributed by atoms with E-state index in [0.29, 0.717) is 18.0 Å². The van der Waals surface area contributed by atoms with Crippen LogP contribution >= 0.6 is 15.9 Å². The maximum Gasteiger partial charge on any atom is 0.129 e. The number of benzene rings is 1. The van der Waals surface area contributed by atoms with Gasteiger partial charge in [-0.05, 0) is 37.5 Å². The highest BCUT2D eigenvalue weighted by Crippen LogP contribution is 2.33. The van der Waals surface area contributed by atoms with Crippen LogP contribution in [-0.2, 0) is 4.74 Å². The van der Waals surface area contributed by atoms with Crippen LogP contribution in [0.3, 0.4) is 0 Å². The van der Waals surface area contributed by atoms with Gasteiger partial charge in [0.05, 0.1) is 11.7 Å². The van der Waals surface area contributed by atoms with Gasteiger partial charge >= 0.3 is 0 Å². The van der Waals surface area contributed by atoms with Crippen LogP contribution in [0.15, 0.2) is 22.7 Å². The van der Waals surface area contributed by atoms with Gasteiger partial charge in [0, 0.05) is 23.1 Å². The zero-order valence-corrected chi connectivity index (χ0v) is 13.3. The van der Waals surface area contributed by atoms with Crippen LogP contribution in [0.1, 0.15) is 38.9 Å². The van der Waals surface area contributed by atoms with Crippen LogP contribution in [0.2, 0.25) is 0 Å². The first kappa shape index (κ1) is 14.9. The summed E-state index contributed by atoms with van der Waals surface area (Å²) < 4.78 is 21.0. The average molecular weight is 330 g/mol. The van der Waals surface area contributed by atoms with Crippen LogP contribution in [0, 0.1) is 11.7 Å². The molecule has 0 bridgehead atoms. The Balaban J connectivity index is 2.19. The molecule has 1 aliphatic heterocycles. The van der Waals surface area contributed by atoms with Gasteiger partial charge < -0.3 is 10.1 Å². The molecule has 0 radical (unpaired) electrons. The summed E-state index contributed by atoms with van der Waals surface area (Å²) in [7, 11) is 0. The molecule has 0 saturated carbocycles. The van der Waals surface area contributed by atoms with Crippen molar-refractivity contribution in [3.8, 4) is 0 Å². The van der Waals surface area contributed by atoms with E-state index in [2.05, 4.69) is 42.0 Å². The normalized spacial score (nSPS) is 27.8. The van der Waals surface area contributed by atoms with E-state index in [4.69, 9.17) is 4.74 Å². The molecule has 106 valence electrons. The van der Waals surface area contributed by atoms with Gasteiger partial charge in [0.15, 0.2) is 0 Å². The van der Waals surface area contributed by atoms with Gasteiger partial charge in [0.2, 0.25) is 0 Å². The van der Waals surface area contributed by atoms with E-state index in [-0.39, 0.29) is 17.5 Å². The fourth-order valence-electron chi connectivity index (χ4n) is 2.81. The first-order chi connectivity index (χ1) is 8.89. The highest BCUT2D eigenvalue weighted by Gasteiger charge is 2.35. The highest BCUT2D eigenvalue weighted by atomic mass is 79.9. The minimum atomic E-state index is -0.230. The number of morpholine rings is 1. The number of hydrogen-bond donors (Lipinski definition) is 1. The van der Waals surface area contributed by atoms with E-state index in [0.717, 1.165) is 17.4 Å². The lowest BCUT2D eigenvalue weighted by Crippen LogP contribution is -2.49. The Hall–Kier alpha value is -0.450. The van der Waals surface area contributed by atoms with Crippen LogP contribution in [-0.4, -0.2) is 18.7 Å². The Morgan fingerprint density at radius 1 is 1.53 bits per heavy atom. The molecule has 4 heteroatoms. The largest absolute Gasteiger partial charge is 0.365 e. The lowest BCUT2D eigenvalue weighted by atomic mass is 9.91. The molecule has 1 saturated heterocycles. The maximum atomic E-state index is 13.9. The number of nitrogens with one attached hydrogen (secondary N) is 1. The summed E-state index contributed by atoms with van der Waals surface area (Å²) >= 11 is 3.39. The summed E-state index contributed by atoms with van der Waals surface area (Å²) in [4.78, 5) is 0. The highest BCUT2D eigenvalue weighted by molar-refractivity contribution is 9.10. The lowest BCUT2D eigenvalue weighted by Gasteiger charge is -2.40. The number of rotatable bonds is 3. The van der Waals surface area contributed by atoms with Crippen molar-refractivity contribution in [1.82, 2.24) is 5.32 Å². The Labute approximate surface area is 122 Å². The average Bonchev–Trinajstić information content (AvgIpc) is 2.30. The topological polar surface area (TPSA) is 21.3 Å². The van der Waals surface area contributed by atoms with Crippen molar-refractivity contribution < 1.29 is 9.13 Å². The minimum absolute atomic E-state index is 0.205. The monoisotopic (exact) mass is 329 g/mol. The Bertz CT molecular complexity index is 452. The molecule has 0 amide bonds. The Kier molecular flexibility index (Phi) is 4.64. The fourth-order valence-corrected chi connectivity index (χ4v) is 3.19. The molecular weight excluding hydrogens is 309 g/mol. The summed E-state index contributed by atoms with van der Waals surface area (Å²) in [5.41, 5.74) is 0.391. The molecule has 1 fully saturated rings. The lowest BCUT2D eigenvalue weighted by molar-refractivity contribution is -0.118. The van der Waals surface area contributed by atoms with E-state index in [1.807, 2.05) is 6.07 Å². The second-order valence-corrected chi connectivity index (χ2v) is 6.87. The summed E-state index contributed by atoms with van der Waals surface area (Å²) in [6, 6.07) is 5.00. The first-order valence-electron chi connectivity index (χ1n) is 6.73. The Morgan fingerprint density at radius 3 is 2.95 bits per heavy atom. The molecular formula is C15H21BrFNO. The third-order valence-corrected chi connectivity index (χ3v) is 3.89. The van der Waals surface area contributed by atoms with Gasteiger partial charge in [-0.25, -0.2) is 4.39 Å². The van der Waals surface area contributed by atoms with Gasteiger partial charge in [-0.2, -0.15) is 0 Å². The molecule has 1 aromatic rings. The van der Waals surface area contributed by atoms with Crippen LogP contribution < -0.4 is 5.32 Å². The molecule has 1 aliphatic rings. The van der Waals surface area contributed by atoms with Gasteiger partial charge in [-0.15, -0.1) is 0 Å². The van der Waals surface area contributed by atoms with Gasteiger partial charge in [-0.3, -0.25) is 0 Å². The standard InChI is InChI=1S/C15H21BrFNO/c1-10(2)7-15(3)9-18-8-14(19-15)12-6-11(16)4-5-13(12)17/h4-6,10,14,18H,7-9H2,1-3H3. The second kappa shape index (κ2) is 5.90. The number of ether oxygens (including phenoxy) is 1. The van der Waals surface area contributed by atoms with Crippen molar-refractivity contribution in [3.63, 3.8) is 0 Å². The molecule has 0 aromatic heterocycles. The summed E-state index contributed by atoms with van der Waals surface area (Å²) in [6.45, 7) is 7.93. The van der Waals surface area contributed by atoms with Gasteiger partial charge in [0.25, 0.3) is 0 Å². The Morgan fingerprint density at radius 2 is 2.26 bits per heavy atom. The zero-order valence-electron chi connectivity index (χ0n) is 11.7. The van der Waals surface area contributed by atoms with E-state index in [1.54, 1.807) is 6.07 Å². The SMILES string of the molecule is CC(C)CC1(C)CNCC(c2cc(Br)ccc2F)O1. The van der Waals surface area contributed by atoms with Gasteiger partial charge in [-0.1, -0.05) is 29.8 Å². The van der Waals surface area contributed by atoms with E-state index in [9.17, 15) is 4.39 Å². The maximum absolute atomic E-state index is 13.9.